The van der Waals surface area contributed by atoms with E-state index < -0.39 is 18.0 Å². The molecule has 1 saturated carbocycles. The molecule has 4 aliphatic heterocycles. The second-order valence-corrected chi connectivity index (χ2v) is 16.8. The van der Waals surface area contributed by atoms with Crippen molar-refractivity contribution in [2.75, 3.05) is 25.1 Å². The molecule has 1 aliphatic carbocycles. The van der Waals surface area contributed by atoms with Gasteiger partial charge in [-0.1, -0.05) is 78.9 Å². The number of carbonyl (C=O) groups excluding carboxylic acids is 4. The summed E-state index contributed by atoms with van der Waals surface area (Å²) < 4.78 is 18.8. The summed E-state index contributed by atoms with van der Waals surface area (Å²) in [4.78, 5) is 55.1. The van der Waals surface area contributed by atoms with Gasteiger partial charge in [-0.2, -0.15) is 0 Å². The highest BCUT2D eigenvalue weighted by molar-refractivity contribution is 5.93. The van der Waals surface area contributed by atoms with Crippen molar-refractivity contribution >= 4 is 29.3 Å². The number of hydrogen-bond acceptors (Lipinski definition) is 8. The molecule has 12 nitrogen and oxygen atoms in total. The average molecular weight is 866 g/mol. The van der Waals surface area contributed by atoms with Crippen LogP contribution in [0.3, 0.4) is 0 Å². The first-order chi connectivity index (χ1) is 31.1. The summed E-state index contributed by atoms with van der Waals surface area (Å²) in [5, 5.41) is 15.7. The zero-order valence-corrected chi connectivity index (χ0v) is 36.9. The summed E-state index contributed by atoms with van der Waals surface area (Å²) in [5.74, 6) is 0.978. The standard InChI is InChI=1S/C52H59N5O7/c1-4-62-46-31-44(64-43-26-34(2)25-35(3)27-43)30-40-32-54-41-19-15-36(16-20-41)23-24-53-51(60)45(28-37-11-7-5-8-12-37)56-52(61)49(39-13-9-6-10-14-39)57-47(58)29-38-17-21-42(22-18-38)55-48(59)33-63-50(40)46/h5-16,19-20,25-27,30-31,38,42,45,49,54H,4,17-18,21-24,28-29,32-33H2,1-3H3,(H,53,60)(H,55,59)(H,56,61)(H,57,58)/t38?,42?,45-,49+/m1/s1. The Morgan fingerprint density at radius 3 is 2.08 bits per heavy atom. The summed E-state index contributed by atoms with van der Waals surface area (Å²) in [6.07, 6.45) is 3.92. The third kappa shape index (κ3) is 12.9. The second kappa shape index (κ2) is 22.0. The predicted molar refractivity (Wildman–Crippen MR) is 247 cm³/mol. The van der Waals surface area contributed by atoms with Crippen LogP contribution in [-0.4, -0.2) is 55.5 Å². The van der Waals surface area contributed by atoms with Gasteiger partial charge in [0.25, 0.3) is 5.91 Å². The van der Waals surface area contributed by atoms with Gasteiger partial charge in [-0.15, -0.1) is 0 Å². The SMILES string of the molecule is CCOc1cc(Oc2cc(C)cc(C)c2)cc2c1OCC(=O)NC1CCC(CC1)CC(=O)N[C@@H](c1ccccc1)C(=O)N[C@H](Cc1ccccc1)C(=O)NCCc1ccc(cc1)NC2. The Hall–Kier alpha value is -6.82. The summed E-state index contributed by atoms with van der Waals surface area (Å²) in [7, 11) is 0. The highest BCUT2D eigenvalue weighted by atomic mass is 16.5. The Morgan fingerprint density at radius 2 is 1.38 bits per heavy atom. The van der Waals surface area contributed by atoms with Crippen LogP contribution in [0.4, 0.5) is 5.69 Å². The zero-order chi connectivity index (χ0) is 44.8. The zero-order valence-electron chi connectivity index (χ0n) is 36.9. The molecule has 5 aliphatic rings. The number of amides is 4. The van der Waals surface area contributed by atoms with Crippen molar-refractivity contribution in [1.82, 2.24) is 21.3 Å². The summed E-state index contributed by atoms with van der Waals surface area (Å²) in [5.41, 5.74) is 6.28. The lowest BCUT2D eigenvalue weighted by molar-refractivity contribution is -0.132. The van der Waals surface area contributed by atoms with Crippen LogP contribution >= 0.6 is 0 Å². The average Bonchev–Trinajstić information content (AvgIpc) is 3.28. The van der Waals surface area contributed by atoms with E-state index in [0.717, 1.165) is 46.3 Å². The van der Waals surface area contributed by atoms with Crippen LogP contribution in [0.25, 0.3) is 0 Å². The van der Waals surface area contributed by atoms with Gasteiger partial charge in [0, 0.05) is 49.3 Å². The van der Waals surface area contributed by atoms with E-state index in [-0.39, 0.29) is 49.1 Å². The number of aryl methyl sites for hydroxylation is 2. The number of benzene rings is 5. The highest BCUT2D eigenvalue weighted by Gasteiger charge is 2.30. The van der Waals surface area contributed by atoms with Crippen molar-refractivity contribution < 1.29 is 33.4 Å². The fraction of sp³-hybridized carbons (Fsp3) is 0.346. The van der Waals surface area contributed by atoms with Crippen LogP contribution < -0.4 is 40.8 Å². The topological polar surface area (TPSA) is 156 Å². The molecule has 4 amide bonds. The Kier molecular flexibility index (Phi) is 15.5. The molecule has 12 heteroatoms. The van der Waals surface area contributed by atoms with Gasteiger partial charge >= 0.3 is 0 Å². The molecule has 0 spiro atoms. The summed E-state index contributed by atoms with van der Waals surface area (Å²) in [6, 6.07) is 34.4. The molecule has 0 unspecified atom stereocenters. The van der Waals surface area contributed by atoms with Crippen LogP contribution in [0.15, 0.2) is 115 Å². The quantitative estimate of drug-likeness (QED) is 0.111. The van der Waals surface area contributed by atoms with E-state index in [9.17, 15) is 19.2 Å². The van der Waals surface area contributed by atoms with Gasteiger partial charge in [0.2, 0.25) is 17.7 Å². The van der Waals surface area contributed by atoms with Crippen molar-refractivity contribution in [3.63, 3.8) is 0 Å². The monoisotopic (exact) mass is 865 g/mol. The number of carbonyl (C=O) groups is 4. The van der Waals surface area contributed by atoms with Crippen LogP contribution in [0.2, 0.25) is 0 Å². The Bertz CT molecular complexity index is 2350. The lowest BCUT2D eigenvalue weighted by Crippen LogP contribution is -2.52. The lowest BCUT2D eigenvalue weighted by atomic mass is 9.84. The van der Waals surface area contributed by atoms with Gasteiger partial charge in [-0.05, 0) is 117 Å². The predicted octanol–water partition coefficient (Wildman–Crippen LogP) is 7.81. The minimum absolute atomic E-state index is 0.0716. The first kappa shape index (κ1) is 45.2. The van der Waals surface area contributed by atoms with E-state index in [2.05, 4.69) is 32.7 Å². The molecule has 10 rings (SSSR count). The molecule has 2 atom stereocenters. The van der Waals surface area contributed by atoms with Crippen molar-refractivity contribution in [2.45, 2.75) is 90.4 Å². The number of anilines is 1. The van der Waals surface area contributed by atoms with Crippen molar-refractivity contribution in [3.05, 3.63) is 149 Å². The van der Waals surface area contributed by atoms with Gasteiger partial charge in [0.15, 0.2) is 18.1 Å². The van der Waals surface area contributed by atoms with Gasteiger partial charge in [0.1, 0.15) is 23.6 Å². The molecule has 0 aromatic heterocycles. The lowest BCUT2D eigenvalue weighted by Gasteiger charge is -2.29. The molecule has 0 saturated heterocycles. The normalized spacial score (nSPS) is 20.2. The van der Waals surface area contributed by atoms with Crippen LogP contribution in [-0.2, 0) is 38.6 Å². The third-order valence-corrected chi connectivity index (χ3v) is 11.6. The van der Waals surface area contributed by atoms with Gasteiger partial charge in [0.05, 0.1) is 6.61 Å². The number of rotatable bonds is 7. The molecule has 5 aromatic rings. The number of ether oxygens (including phenoxy) is 3. The van der Waals surface area contributed by atoms with E-state index in [1.165, 1.54) is 0 Å². The van der Waals surface area contributed by atoms with Crippen LogP contribution in [0.5, 0.6) is 23.0 Å². The maximum absolute atomic E-state index is 14.1. The summed E-state index contributed by atoms with van der Waals surface area (Å²) >= 11 is 0. The maximum Gasteiger partial charge on any atom is 0.258 e. The van der Waals surface area contributed by atoms with Crippen molar-refractivity contribution in [2.24, 2.45) is 5.92 Å². The van der Waals surface area contributed by atoms with E-state index in [1.54, 1.807) is 18.2 Å². The minimum atomic E-state index is -1.00. The molecular weight excluding hydrogens is 807 g/mol. The maximum atomic E-state index is 14.1. The molecule has 5 aromatic carbocycles. The number of hydrogen-bond donors (Lipinski definition) is 5. The minimum Gasteiger partial charge on any atom is -0.490 e. The fourth-order valence-corrected chi connectivity index (χ4v) is 8.48. The Labute approximate surface area is 375 Å². The van der Waals surface area contributed by atoms with Crippen molar-refractivity contribution in [1.29, 1.82) is 0 Å². The smallest absolute Gasteiger partial charge is 0.258 e. The fourth-order valence-electron chi connectivity index (χ4n) is 8.48. The van der Waals surface area contributed by atoms with Gasteiger partial charge in [-0.3, -0.25) is 19.2 Å². The first-order valence-electron chi connectivity index (χ1n) is 22.4. The van der Waals surface area contributed by atoms with E-state index in [1.807, 2.05) is 112 Å². The molecule has 4 heterocycles. The second-order valence-electron chi connectivity index (χ2n) is 16.8. The van der Waals surface area contributed by atoms with Crippen LogP contribution in [0, 0.1) is 19.8 Å². The molecule has 4 bridgehead atoms. The molecular formula is C52H59N5O7. The molecule has 64 heavy (non-hydrogen) atoms. The Balaban J connectivity index is 1.14. The van der Waals surface area contributed by atoms with Crippen molar-refractivity contribution in [3.8, 4) is 23.0 Å². The van der Waals surface area contributed by atoms with E-state index >= 15 is 0 Å². The molecule has 1 fully saturated rings. The third-order valence-electron chi connectivity index (χ3n) is 11.6. The van der Waals surface area contributed by atoms with E-state index in [4.69, 9.17) is 14.2 Å². The summed E-state index contributed by atoms with van der Waals surface area (Å²) in [6.45, 7) is 6.79. The highest BCUT2D eigenvalue weighted by Crippen LogP contribution is 2.39. The van der Waals surface area contributed by atoms with Crippen LogP contribution in [0.1, 0.15) is 78.5 Å². The number of nitrogens with one attached hydrogen (secondary N) is 5. The van der Waals surface area contributed by atoms with Gasteiger partial charge in [-0.25, -0.2) is 0 Å². The molecule has 5 N–H and O–H groups in total. The molecule has 334 valence electrons. The van der Waals surface area contributed by atoms with Gasteiger partial charge < -0.3 is 40.8 Å². The largest absolute Gasteiger partial charge is 0.490 e. The first-order valence-corrected chi connectivity index (χ1v) is 22.4. The Morgan fingerprint density at radius 1 is 0.688 bits per heavy atom. The van der Waals surface area contributed by atoms with E-state index in [0.29, 0.717) is 67.5 Å². The molecule has 0 radical (unpaired) electrons.